The van der Waals surface area contributed by atoms with E-state index in [9.17, 15) is 9.59 Å². The van der Waals surface area contributed by atoms with Crippen LogP contribution in [-0.2, 0) is 11.3 Å². The van der Waals surface area contributed by atoms with Gasteiger partial charge in [0, 0.05) is 24.9 Å². The van der Waals surface area contributed by atoms with Crippen molar-refractivity contribution in [3.05, 3.63) is 23.5 Å². The second-order valence-electron chi connectivity index (χ2n) is 3.89. The van der Waals surface area contributed by atoms with Gasteiger partial charge in [-0.2, -0.15) is 0 Å². The van der Waals surface area contributed by atoms with E-state index in [1.54, 1.807) is 10.8 Å². The Hall–Kier alpha value is -1.62. The van der Waals surface area contributed by atoms with E-state index >= 15 is 0 Å². The summed E-state index contributed by atoms with van der Waals surface area (Å²) in [6, 6.07) is 1.39. The van der Waals surface area contributed by atoms with Gasteiger partial charge in [-0.05, 0) is 26.8 Å². The highest BCUT2D eigenvalue weighted by Gasteiger charge is 2.16. The van der Waals surface area contributed by atoms with Crippen molar-refractivity contribution in [2.45, 2.75) is 33.4 Å². The number of aromatic carboxylic acids is 1. The third-order valence-electron chi connectivity index (χ3n) is 2.43. The number of carbonyl (C=O) groups excluding carboxylic acids is 1. The van der Waals surface area contributed by atoms with Gasteiger partial charge >= 0.3 is 5.97 Å². The fourth-order valence-electron chi connectivity index (χ4n) is 1.65. The van der Waals surface area contributed by atoms with Crippen LogP contribution in [0, 0.1) is 0 Å². The lowest BCUT2D eigenvalue weighted by Crippen LogP contribution is -2.19. The van der Waals surface area contributed by atoms with Crippen molar-refractivity contribution < 1.29 is 19.4 Å². The lowest BCUT2D eigenvalue weighted by molar-refractivity contribution is 0.0594. The predicted octanol–water partition coefficient (Wildman–Crippen LogP) is 1.81. The Balaban J connectivity index is 2.96. The van der Waals surface area contributed by atoms with Crippen LogP contribution in [-0.4, -0.2) is 34.1 Å². The number of carboxylic acids is 1. The van der Waals surface area contributed by atoms with Crippen LogP contribution in [0.5, 0.6) is 0 Å². The fraction of sp³-hybridized carbons (Fsp3) is 0.500. The summed E-state index contributed by atoms with van der Waals surface area (Å²) in [6.45, 7) is 6.15. The molecule has 0 bridgehead atoms. The minimum atomic E-state index is -1.04. The van der Waals surface area contributed by atoms with Crippen LogP contribution in [0.3, 0.4) is 0 Å². The van der Waals surface area contributed by atoms with Gasteiger partial charge in [-0.25, -0.2) is 4.79 Å². The number of hydrogen-bond acceptors (Lipinski definition) is 3. The molecule has 0 fully saturated rings. The third-order valence-corrected chi connectivity index (χ3v) is 2.43. The standard InChI is InChI=1S/C12H17NO4/c1-4-17-8(2)6-13-7-10(9(3)14)5-11(13)12(15)16/h5,7-8H,4,6H2,1-3H3,(H,15,16). The van der Waals surface area contributed by atoms with Crippen LogP contribution in [0.4, 0.5) is 0 Å². The van der Waals surface area contributed by atoms with Crippen molar-refractivity contribution in [1.29, 1.82) is 0 Å². The summed E-state index contributed by atoms with van der Waals surface area (Å²) in [7, 11) is 0. The van der Waals surface area contributed by atoms with Gasteiger partial charge in [-0.3, -0.25) is 4.79 Å². The largest absolute Gasteiger partial charge is 0.477 e. The van der Waals surface area contributed by atoms with E-state index in [0.717, 1.165) is 0 Å². The van der Waals surface area contributed by atoms with E-state index in [4.69, 9.17) is 9.84 Å². The maximum absolute atomic E-state index is 11.2. The minimum Gasteiger partial charge on any atom is -0.477 e. The Morgan fingerprint density at radius 3 is 2.65 bits per heavy atom. The van der Waals surface area contributed by atoms with Crippen LogP contribution in [0.15, 0.2) is 12.3 Å². The normalized spacial score (nSPS) is 12.4. The molecule has 5 heteroatoms. The first kappa shape index (κ1) is 13.4. The Morgan fingerprint density at radius 1 is 1.53 bits per heavy atom. The highest BCUT2D eigenvalue weighted by molar-refractivity contribution is 5.97. The molecule has 0 aliphatic carbocycles. The molecule has 1 rings (SSSR count). The van der Waals surface area contributed by atoms with Gasteiger partial charge in [-0.1, -0.05) is 0 Å². The van der Waals surface area contributed by atoms with E-state index in [2.05, 4.69) is 0 Å². The summed E-state index contributed by atoms with van der Waals surface area (Å²) in [6.07, 6.45) is 1.46. The van der Waals surface area contributed by atoms with E-state index < -0.39 is 5.97 Å². The van der Waals surface area contributed by atoms with Crippen LogP contribution in [0.2, 0.25) is 0 Å². The molecule has 0 saturated carbocycles. The Labute approximate surface area is 100 Å². The quantitative estimate of drug-likeness (QED) is 0.769. The monoisotopic (exact) mass is 239 g/mol. The lowest BCUT2D eigenvalue weighted by Gasteiger charge is -2.13. The molecule has 1 unspecified atom stereocenters. The lowest BCUT2D eigenvalue weighted by atomic mass is 10.2. The molecule has 1 heterocycles. The van der Waals surface area contributed by atoms with Gasteiger partial charge in [-0.15, -0.1) is 0 Å². The Morgan fingerprint density at radius 2 is 2.18 bits per heavy atom. The van der Waals surface area contributed by atoms with Crippen molar-refractivity contribution in [2.75, 3.05) is 6.61 Å². The number of hydrogen-bond donors (Lipinski definition) is 1. The molecule has 94 valence electrons. The number of ketones is 1. The highest BCUT2D eigenvalue weighted by Crippen LogP contribution is 2.11. The summed E-state index contributed by atoms with van der Waals surface area (Å²) in [5.74, 6) is -1.18. The fourth-order valence-corrected chi connectivity index (χ4v) is 1.65. The minimum absolute atomic E-state index is 0.0923. The topological polar surface area (TPSA) is 68.5 Å². The maximum Gasteiger partial charge on any atom is 0.352 e. The molecular weight excluding hydrogens is 222 g/mol. The average molecular weight is 239 g/mol. The van der Waals surface area contributed by atoms with Gasteiger partial charge in [0.2, 0.25) is 0 Å². The number of rotatable bonds is 6. The van der Waals surface area contributed by atoms with E-state index in [0.29, 0.717) is 18.7 Å². The highest BCUT2D eigenvalue weighted by atomic mass is 16.5. The molecule has 0 amide bonds. The Bertz CT molecular complexity index is 422. The zero-order valence-corrected chi connectivity index (χ0v) is 10.3. The molecule has 1 N–H and O–H groups in total. The van der Waals surface area contributed by atoms with E-state index in [1.165, 1.54) is 13.0 Å². The second kappa shape index (κ2) is 5.63. The summed E-state index contributed by atoms with van der Waals surface area (Å²) >= 11 is 0. The maximum atomic E-state index is 11.2. The molecule has 0 aromatic carbocycles. The van der Waals surface area contributed by atoms with Crippen molar-refractivity contribution in [3.8, 4) is 0 Å². The van der Waals surface area contributed by atoms with E-state index in [-0.39, 0.29) is 17.6 Å². The van der Waals surface area contributed by atoms with E-state index in [1.807, 2.05) is 13.8 Å². The summed E-state index contributed by atoms with van der Waals surface area (Å²) in [4.78, 5) is 22.2. The van der Waals surface area contributed by atoms with Gasteiger partial charge in [0.1, 0.15) is 5.69 Å². The van der Waals surface area contributed by atoms with Gasteiger partial charge in [0.25, 0.3) is 0 Å². The number of ether oxygens (including phenoxy) is 1. The third kappa shape index (κ3) is 3.42. The zero-order valence-electron chi connectivity index (χ0n) is 10.3. The van der Waals surface area contributed by atoms with Gasteiger partial charge in [0.05, 0.1) is 6.10 Å². The molecule has 1 aromatic rings. The molecule has 0 saturated heterocycles. The van der Waals surface area contributed by atoms with Crippen LogP contribution in [0.25, 0.3) is 0 Å². The van der Waals surface area contributed by atoms with Crippen molar-refractivity contribution >= 4 is 11.8 Å². The number of Topliss-reactive ketones (excluding diaryl/α,β-unsaturated/α-hetero) is 1. The summed E-state index contributed by atoms with van der Waals surface area (Å²) in [5, 5.41) is 9.03. The second-order valence-corrected chi connectivity index (χ2v) is 3.89. The Kier molecular flexibility index (Phi) is 4.45. The molecule has 0 aliphatic rings. The number of nitrogens with zero attached hydrogens (tertiary/aromatic N) is 1. The molecule has 17 heavy (non-hydrogen) atoms. The van der Waals surface area contributed by atoms with Crippen molar-refractivity contribution in [1.82, 2.24) is 4.57 Å². The zero-order chi connectivity index (χ0) is 13.0. The summed E-state index contributed by atoms with van der Waals surface area (Å²) in [5.41, 5.74) is 0.521. The SMILES string of the molecule is CCOC(C)Cn1cc(C(C)=O)cc1C(=O)O. The average Bonchev–Trinajstić information content (AvgIpc) is 2.62. The van der Waals surface area contributed by atoms with Crippen LogP contribution >= 0.6 is 0 Å². The molecule has 5 nitrogen and oxygen atoms in total. The number of carboxylic acid groups (broad SMARTS) is 1. The number of carbonyl (C=O) groups is 2. The smallest absolute Gasteiger partial charge is 0.352 e. The van der Waals surface area contributed by atoms with Crippen LogP contribution in [0.1, 0.15) is 41.6 Å². The number of aromatic nitrogens is 1. The van der Waals surface area contributed by atoms with Gasteiger partial charge in [0.15, 0.2) is 5.78 Å². The van der Waals surface area contributed by atoms with Crippen molar-refractivity contribution in [2.24, 2.45) is 0 Å². The molecule has 0 spiro atoms. The molecular formula is C12H17NO4. The molecule has 1 atom stereocenters. The molecule has 1 aromatic heterocycles. The van der Waals surface area contributed by atoms with Crippen LogP contribution < -0.4 is 0 Å². The first-order valence-electron chi connectivity index (χ1n) is 5.51. The van der Waals surface area contributed by atoms with Gasteiger partial charge < -0.3 is 14.4 Å². The molecule has 0 aliphatic heterocycles. The molecule has 0 radical (unpaired) electrons. The first-order chi connectivity index (χ1) is 7.95. The predicted molar refractivity (Wildman–Crippen MR) is 62.5 cm³/mol. The first-order valence-corrected chi connectivity index (χ1v) is 5.51. The van der Waals surface area contributed by atoms with Crippen molar-refractivity contribution in [3.63, 3.8) is 0 Å². The summed E-state index contributed by atoms with van der Waals surface area (Å²) < 4.78 is 6.89.